The topological polar surface area (TPSA) is 92.4 Å². The minimum atomic E-state index is -0.193. The molecule has 1 aromatic heterocycles. The summed E-state index contributed by atoms with van der Waals surface area (Å²) in [6, 6.07) is 25.0. The Hall–Kier alpha value is -4.49. The molecule has 3 N–H and O–H groups in total. The molecule has 0 spiro atoms. The lowest BCUT2D eigenvalue weighted by molar-refractivity contribution is -0.115. The van der Waals surface area contributed by atoms with Crippen LogP contribution in [0.25, 0.3) is 23.1 Å². The van der Waals surface area contributed by atoms with Crippen LogP contribution in [0.2, 0.25) is 0 Å². The number of fused-ring (bicyclic) bond motifs is 1. The SMILES string of the molecule is O=C(Cc1ccc2ncccc2c1)Nc1cccc(/C=C/c2ccc(NC(=O)NCC3CCOCC3)cc2)c1. The van der Waals surface area contributed by atoms with E-state index < -0.39 is 0 Å². The number of aromatic nitrogens is 1. The maximum absolute atomic E-state index is 12.7. The van der Waals surface area contributed by atoms with Gasteiger partial charge in [0.1, 0.15) is 0 Å². The fourth-order valence-corrected chi connectivity index (χ4v) is 4.58. The van der Waals surface area contributed by atoms with Crippen LogP contribution in [0.4, 0.5) is 16.2 Å². The molecular weight excluding hydrogens is 488 g/mol. The Morgan fingerprint density at radius 2 is 1.67 bits per heavy atom. The standard InChI is InChI=1S/C32H32N4O3/c37-31(21-26-10-13-30-27(19-26)4-2-16-33-30)35-29-5-1-3-24(20-29)7-6-23-8-11-28(12-9-23)36-32(38)34-22-25-14-17-39-18-15-25/h1-13,16,19-20,25H,14-15,17-18,21-22H2,(H,35,37)(H2,34,36,38)/b7-6+. The number of hydrogen-bond acceptors (Lipinski definition) is 4. The molecule has 0 unspecified atom stereocenters. The molecule has 0 saturated carbocycles. The molecule has 0 bridgehead atoms. The molecule has 0 radical (unpaired) electrons. The van der Waals surface area contributed by atoms with E-state index in [1.54, 1.807) is 6.20 Å². The van der Waals surface area contributed by atoms with Gasteiger partial charge < -0.3 is 20.7 Å². The molecule has 3 aromatic carbocycles. The summed E-state index contributed by atoms with van der Waals surface area (Å²) in [6.45, 7) is 2.20. The number of nitrogens with zero attached hydrogens (tertiary/aromatic N) is 1. The summed E-state index contributed by atoms with van der Waals surface area (Å²) in [6.07, 6.45) is 8.02. The van der Waals surface area contributed by atoms with Crippen molar-refractivity contribution < 1.29 is 14.3 Å². The highest BCUT2D eigenvalue weighted by molar-refractivity contribution is 5.93. The predicted molar refractivity (Wildman–Crippen MR) is 156 cm³/mol. The van der Waals surface area contributed by atoms with Crippen LogP contribution in [0.15, 0.2) is 85.1 Å². The highest BCUT2D eigenvalue weighted by Crippen LogP contribution is 2.18. The monoisotopic (exact) mass is 520 g/mol. The molecule has 5 rings (SSSR count). The average Bonchev–Trinajstić information content (AvgIpc) is 2.96. The molecule has 1 saturated heterocycles. The van der Waals surface area contributed by atoms with Gasteiger partial charge in [-0.15, -0.1) is 0 Å². The number of urea groups is 1. The van der Waals surface area contributed by atoms with Crippen LogP contribution in [0.1, 0.15) is 29.5 Å². The van der Waals surface area contributed by atoms with E-state index in [-0.39, 0.29) is 11.9 Å². The summed E-state index contributed by atoms with van der Waals surface area (Å²) in [4.78, 5) is 29.2. The van der Waals surface area contributed by atoms with Gasteiger partial charge in [-0.2, -0.15) is 0 Å². The van der Waals surface area contributed by atoms with Crippen LogP contribution < -0.4 is 16.0 Å². The second kappa shape index (κ2) is 12.8. The Labute approximate surface area is 228 Å². The van der Waals surface area contributed by atoms with Gasteiger partial charge in [0.15, 0.2) is 0 Å². The lowest BCUT2D eigenvalue weighted by atomic mass is 10.0. The van der Waals surface area contributed by atoms with Crippen molar-refractivity contribution in [3.05, 3.63) is 102 Å². The molecule has 7 heteroatoms. The molecule has 4 aromatic rings. The minimum absolute atomic E-state index is 0.0701. The lowest BCUT2D eigenvalue weighted by Crippen LogP contribution is -2.35. The number of rotatable bonds is 8. The largest absolute Gasteiger partial charge is 0.381 e. The molecule has 0 aliphatic carbocycles. The fourth-order valence-electron chi connectivity index (χ4n) is 4.58. The van der Waals surface area contributed by atoms with Crippen LogP contribution >= 0.6 is 0 Å². The van der Waals surface area contributed by atoms with Crippen LogP contribution in [-0.2, 0) is 16.0 Å². The summed E-state index contributed by atoms with van der Waals surface area (Å²) in [5.41, 5.74) is 5.32. The summed E-state index contributed by atoms with van der Waals surface area (Å²) in [5.74, 6) is 0.408. The second-order valence-electron chi connectivity index (χ2n) is 9.73. The molecule has 2 heterocycles. The Kier molecular flexibility index (Phi) is 8.61. The number of pyridine rings is 1. The van der Waals surface area contributed by atoms with Gasteiger partial charge >= 0.3 is 6.03 Å². The van der Waals surface area contributed by atoms with Crippen LogP contribution in [0, 0.1) is 5.92 Å². The van der Waals surface area contributed by atoms with Gasteiger partial charge in [-0.05, 0) is 77.9 Å². The number of carbonyl (C=O) groups excluding carboxylic acids is 2. The van der Waals surface area contributed by atoms with Crippen molar-refractivity contribution in [1.29, 1.82) is 0 Å². The fraction of sp³-hybridized carbons (Fsp3) is 0.219. The van der Waals surface area contributed by atoms with Gasteiger partial charge in [-0.1, -0.05) is 48.6 Å². The van der Waals surface area contributed by atoms with E-state index in [1.807, 2.05) is 91.0 Å². The molecule has 1 fully saturated rings. The minimum Gasteiger partial charge on any atom is -0.381 e. The van der Waals surface area contributed by atoms with Crippen LogP contribution in [0.5, 0.6) is 0 Å². The maximum Gasteiger partial charge on any atom is 0.319 e. The third kappa shape index (κ3) is 7.75. The van der Waals surface area contributed by atoms with Crippen molar-refractivity contribution in [3.63, 3.8) is 0 Å². The van der Waals surface area contributed by atoms with E-state index in [1.165, 1.54) is 0 Å². The quantitative estimate of drug-likeness (QED) is 0.244. The molecule has 3 amide bonds. The first-order valence-corrected chi connectivity index (χ1v) is 13.2. The third-order valence-electron chi connectivity index (χ3n) is 6.73. The molecule has 39 heavy (non-hydrogen) atoms. The zero-order valence-corrected chi connectivity index (χ0v) is 21.7. The first-order chi connectivity index (χ1) is 19.1. The second-order valence-corrected chi connectivity index (χ2v) is 9.73. The van der Waals surface area contributed by atoms with Gasteiger partial charge in [-0.25, -0.2) is 4.79 Å². The molecule has 1 aliphatic rings. The van der Waals surface area contributed by atoms with Gasteiger partial charge in [0.25, 0.3) is 0 Å². The van der Waals surface area contributed by atoms with Crippen molar-refractivity contribution >= 4 is 46.4 Å². The van der Waals surface area contributed by atoms with E-state index >= 15 is 0 Å². The van der Waals surface area contributed by atoms with Crippen LogP contribution in [-0.4, -0.2) is 36.7 Å². The van der Waals surface area contributed by atoms with Crippen molar-refractivity contribution in [1.82, 2.24) is 10.3 Å². The zero-order chi connectivity index (χ0) is 26.9. The number of nitrogens with one attached hydrogen (secondary N) is 3. The number of amides is 3. The van der Waals surface area contributed by atoms with Crippen molar-refractivity contribution in [3.8, 4) is 0 Å². The van der Waals surface area contributed by atoms with Gasteiger partial charge in [0.05, 0.1) is 11.9 Å². The van der Waals surface area contributed by atoms with Gasteiger partial charge in [0, 0.05) is 42.7 Å². The Bertz CT molecular complexity index is 1460. The van der Waals surface area contributed by atoms with Gasteiger partial charge in [-0.3, -0.25) is 9.78 Å². The first kappa shape index (κ1) is 26.1. The number of anilines is 2. The van der Waals surface area contributed by atoms with Crippen molar-refractivity contribution in [2.24, 2.45) is 5.92 Å². The Morgan fingerprint density at radius 1 is 0.846 bits per heavy atom. The Balaban J connectivity index is 1.11. The van der Waals surface area contributed by atoms with E-state index in [0.29, 0.717) is 18.9 Å². The van der Waals surface area contributed by atoms with E-state index in [0.717, 1.165) is 65.0 Å². The molecule has 198 valence electrons. The third-order valence-corrected chi connectivity index (χ3v) is 6.73. The van der Waals surface area contributed by atoms with Gasteiger partial charge in [0.2, 0.25) is 5.91 Å². The van der Waals surface area contributed by atoms with E-state index in [4.69, 9.17) is 4.74 Å². The molecule has 7 nitrogen and oxygen atoms in total. The highest BCUT2D eigenvalue weighted by atomic mass is 16.5. The van der Waals surface area contributed by atoms with Crippen molar-refractivity contribution in [2.75, 3.05) is 30.4 Å². The van der Waals surface area contributed by atoms with Crippen LogP contribution in [0.3, 0.4) is 0 Å². The maximum atomic E-state index is 12.7. The highest BCUT2D eigenvalue weighted by Gasteiger charge is 2.14. The zero-order valence-electron chi connectivity index (χ0n) is 21.7. The summed E-state index contributed by atoms with van der Waals surface area (Å²) < 4.78 is 5.36. The van der Waals surface area contributed by atoms with Crippen molar-refractivity contribution in [2.45, 2.75) is 19.3 Å². The Morgan fingerprint density at radius 3 is 2.51 bits per heavy atom. The number of benzene rings is 3. The number of ether oxygens (including phenoxy) is 1. The number of hydrogen-bond donors (Lipinski definition) is 3. The smallest absolute Gasteiger partial charge is 0.319 e. The van der Waals surface area contributed by atoms with E-state index in [2.05, 4.69) is 20.9 Å². The molecule has 1 aliphatic heterocycles. The summed E-state index contributed by atoms with van der Waals surface area (Å²) in [7, 11) is 0. The molecular formula is C32H32N4O3. The lowest BCUT2D eigenvalue weighted by Gasteiger charge is -2.22. The number of carbonyl (C=O) groups is 2. The summed E-state index contributed by atoms with van der Waals surface area (Å²) >= 11 is 0. The normalized spacial score (nSPS) is 13.8. The first-order valence-electron chi connectivity index (χ1n) is 13.2. The van der Waals surface area contributed by atoms with E-state index in [9.17, 15) is 9.59 Å². The predicted octanol–water partition coefficient (Wildman–Crippen LogP) is 6.13. The average molecular weight is 521 g/mol. The summed E-state index contributed by atoms with van der Waals surface area (Å²) in [5, 5.41) is 9.85. The molecule has 0 atom stereocenters.